The highest BCUT2D eigenvalue weighted by Crippen LogP contribution is 2.41. The predicted octanol–water partition coefficient (Wildman–Crippen LogP) is -0.235. The summed E-state index contributed by atoms with van der Waals surface area (Å²) < 4.78 is 29.0. The number of ether oxygens (including phenoxy) is 4. The molecule has 2 fully saturated rings. The third-order valence-electron chi connectivity index (χ3n) is 8.14. The first-order chi connectivity index (χ1) is 22.2. The highest BCUT2D eigenvalue weighted by molar-refractivity contribution is 5.91. The van der Waals surface area contributed by atoms with Crippen LogP contribution in [0.5, 0.6) is 23.0 Å². The highest BCUT2D eigenvalue weighted by atomic mass is 16.7. The molecule has 15 nitrogen and oxygen atoms in total. The average molecular weight is 663 g/mol. The molecule has 10 atom stereocenters. The van der Waals surface area contributed by atoms with E-state index < -0.39 is 84.9 Å². The Kier molecular flexibility index (Phi) is 10.1. The van der Waals surface area contributed by atoms with Gasteiger partial charge in [-0.15, -0.1) is 0 Å². The molecule has 4 unspecified atom stereocenters. The van der Waals surface area contributed by atoms with Crippen LogP contribution in [0.3, 0.4) is 0 Å². The summed E-state index contributed by atoms with van der Waals surface area (Å²) >= 11 is 0. The van der Waals surface area contributed by atoms with E-state index in [9.17, 15) is 50.8 Å². The predicted molar refractivity (Wildman–Crippen MR) is 162 cm³/mol. The second-order valence-electron chi connectivity index (χ2n) is 11.8. The molecule has 0 aliphatic carbocycles. The van der Waals surface area contributed by atoms with E-state index >= 15 is 0 Å². The molecule has 2 saturated heterocycles. The molecule has 15 heteroatoms. The van der Waals surface area contributed by atoms with Gasteiger partial charge in [0.1, 0.15) is 70.9 Å². The molecular weight excluding hydrogens is 624 g/mol. The third kappa shape index (κ3) is 6.67. The van der Waals surface area contributed by atoms with Gasteiger partial charge in [0.05, 0.1) is 12.7 Å². The maximum absolute atomic E-state index is 14.2. The van der Waals surface area contributed by atoms with E-state index in [2.05, 4.69) is 0 Å². The molecule has 0 bridgehead atoms. The lowest BCUT2D eigenvalue weighted by Gasteiger charge is -2.39. The quantitative estimate of drug-likeness (QED) is 0.141. The Bertz CT molecular complexity index is 1660. The zero-order valence-corrected chi connectivity index (χ0v) is 25.6. The first-order valence-corrected chi connectivity index (χ1v) is 14.8. The van der Waals surface area contributed by atoms with E-state index in [0.717, 1.165) is 11.6 Å². The van der Waals surface area contributed by atoms with Gasteiger partial charge in [-0.3, -0.25) is 4.79 Å². The number of rotatable bonds is 8. The zero-order chi connectivity index (χ0) is 34.3. The summed E-state index contributed by atoms with van der Waals surface area (Å²) in [4.78, 5) is 14.2. The van der Waals surface area contributed by atoms with E-state index in [4.69, 9.17) is 23.4 Å². The van der Waals surface area contributed by atoms with Crippen molar-refractivity contribution in [3.8, 4) is 34.3 Å². The number of phenols is 2. The molecule has 0 radical (unpaired) electrons. The molecular formula is C32H38O15. The van der Waals surface area contributed by atoms with Crippen LogP contribution in [0.25, 0.3) is 22.3 Å². The van der Waals surface area contributed by atoms with Crippen molar-refractivity contribution in [2.45, 2.75) is 88.6 Å². The van der Waals surface area contributed by atoms with E-state index in [1.807, 2.05) is 13.8 Å². The second-order valence-corrected chi connectivity index (χ2v) is 11.8. The van der Waals surface area contributed by atoms with Gasteiger partial charge in [-0.2, -0.15) is 0 Å². The SMILES string of the molecule is CC(C)=CCc1c(O[C@@H]2OC(CO)[C@@H](O)[C@H](O)C2O)cc(O)c2c(=O)c(O[C@@H]3OC(C)[C@H](O)C(O)[C@@H]3O)c(-c3ccc(O)cc3)oc12. The van der Waals surface area contributed by atoms with Gasteiger partial charge in [-0.05, 0) is 51.5 Å². The number of aromatic hydroxyl groups is 2. The van der Waals surface area contributed by atoms with Crippen molar-refractivity contribution in [2.75, 3.05) is 6.61 Å². The van der Waals surface area contributed by atoms with Crippen LogP contribution in [0.1, 0.15) is 26.3 Å². The van der Waals surface area contributed by atoms with Crippen molar-refractivity contribution in [3.05, 3.63) is 57.8 Å². The van der Waals surface area contributed by atoms with Crippen molar-refractivity contribution in [1.82, 2.24) is 0 Å². The van der Waals surface area contributed by atoms with Crippen LogP contribution in [-0.4, -0.2) is 114 Å². The van der Waals surface area contributed by atoms with Crippen molar-refractivity contribution >= 4 is 11.0 Å². The minimum absolute atomic E-state index is 0.0517. The van der Waals surface area contributed by atoms with Crippen molar-refractivity contribution in [3.63, 3.8) is 0 Å². The van der Waals surface area contributed by atoms with Crippen LogP contribution in [0.4, 0.5) is 0 Å². The summed E-state index contributed by atoms with van der Waals surface area (Å²) in [5.41, 5.74) is 0.138. The number of hydrogen-bond donors (Lipinski definition) is 9. The largest absolute Gasteiger partial charge is 0.508 e. The normalized spacial score (nSPS) is 31.0. The van der Waals surface area contributed by atoms with E-state index in [0.29, 0.717) is 0 Å². The molecule has 0 spiro atoms. The highest BCUT2D eigenvalue weighted by Gasteiger charge is 2.46. The minimum Gasteiger partial charge on any atom is -0.508 e. The van der Waals surface area contributed by atoms with E-state index in [1.165, 1.54) is 31.2 Å². The minimum atomic E-state index is -1.79. The van der Waals surface area contributed by atoms with Gasteiger partial charge in [0, 0.05) is 17.2 Å². The molecule has 3 aromatic rings. The number of benzene rings is 2. The molecule has 1 aromatic heterocycles. The van der Waals surface area contributed by atoms with Gasteiger partial charge in [-0.25, -0.2) is 0 Å². The smallest absolute Gasteiger partial charge is 0.239 e. The maximum atomic E-state index is 14.2. The van der Waals surface area contributed by atoms with Gasteiger partial charge in [0.25, 0.3) is 0 Å². The zero-order valence-electron chi connectivity index (χ0n) is 25.6. The van der Waals surface area contributed by atoms with Gasteiger partial charge in [0.2, 0.25) is 23.8 Å². The lowest BCUT2D eigenvalue weighted by Crippen LogP contribution is -2.60. The number of aliphatic hydroxyl groups is 7. The Hall–Kier alpha value is -3.77. The summed E-state index contributed by atoms with van der Waals surface area (Å²) in [7, 11) is 0. The lowest BCUT2D eigenvalue weighted by atomic mass is 9.99. The second kappa shape index (κ2) is 13.8. The fraction of sp³-hybridized carbons (Fsp3) is 0.469. The van der Waals surface area contributed by atoms with E-state index in [-0.39, 0.29) is 45.8 Å². The summed E-state index contributed by atoms with van der Waals surface area (Å²) in [6.07, 6.45) is -13.9. The monoisotopic (exact) mass is 662 g/mol. The van der Waals surface area contributed by atoms with Gasteiger partial charge >= 0.3 is 0 Å². The van der Waals surface area contributed by atoms with Crippen molar-refractivity contribution < 1.29 is 69.3 Å². The molecule has 2 aliphatic rings. The number of aliphatic hydroxyl groups excluding tert-OH is 7. The standard InChI is InChI=1S/C32H38O15/c1-12(2)4-9-16-18(44-32-27(42)25(40)22(37)19(11-33)45-32)10-17(35)20-23(38)30(47-31-26(41)24(39)21(36)13(3)43-31)28(46-29(16)20)14-5-7-15(34)8-6-14/h4-8,10,13,19,21-22,24-27,31-37,39-42H,9,11H2,1-3H3/t13?,19?,21-,22+,24?,25-,26-,27?,31-,32+/m0/s1. The maximum Gasteiger partial charge on any atom is 0.239 e. The van der Waals surface area contributed by atoms with Gasteiger partial charge in [0.15, 0.2) is 5.76 Å². The summed E-state index contributed by atoms with van der Waals surface area (Å²) in [5, 5.41) is 92.5. The number of phenolic OH excluding ortho intramolecular Hbond substituents is 2. The van der Waals surface area contributed by atoms with Crippen LogP contribution < -0.4 is 14.9 Å². The molecule has 256 valence electrons. The van der Waals surface area contributed by atoms with Crippen LogP contribution >= 0.6 is 0 Å². The molecule has 0 saturated carbocycles. The summed E-state index contributed by atoms with van der Waals surface area (Å²) in [6, 6.07) is 6.52. The topological polar surface area (TPSA) is 249 Å². The van der Waals surface area contributed by atoms with E-state index in [1.54, 1.807) is 6.08 Å². The fourth-order valence-electron chi connectivity index (χ4n) is 5.39. The van der Waals surface area contributed by atoms with Crippen LogP contribution in [0.15, 0.2) is 51.2 Å². The van der Waals surface area contributed by atoms with Crippen molar-refractivity contribution in [1.29, 1.82) is 0 Å². The molecule has 3 heterocycles. The lowest BCUT2D eigenvalue weighted by molar-refractivity contribution is -0.277. The summed E-state index contributed by atoms with van der Waals surface area (Å²) in [6.45, 7) is 4.34. The van der Waals surface area contributed by atoms with Gasteiger partial charge in [-0.1, -0.05) is 11.6 Å². The van der Waals surface area contributed by atoms with Gasteiger partial charge < -0.3 is 69.3 Å². The third-order valence-corrected chi connectivity index (χ3v) is 8.14. The molecule has 2 aromatic carbocycles. The molecule has 5 rings (SSSR count). The number of hydrogen-bond acceptors (Lipinski definition) is 15. The molecule has 47 heavy (non-hydrogen) atoms. The van der Waals surface area contributed by atoms with Crippen LogP contribution in [-0.2, 0) is 15.9 Å². The Balaban J connectivity index is 1.71. The average Bonchev–Trinajstić information content (AvgIpc) is 3.03. The number of allylic oxidation sites excluding steroid dienone is 2. The Morgan fingerprint density at radius 1 is 0.851 bits per heavy atom. The van der Waals surface area contributed by atoms with Crippen LogP contribution in [0, 0.1) is 0 Å². The molecule has 9 N–H and O–H groups in total. The first-order valence-electron chi connectivity index (χ1n) is 14.8. The molecule has 2 aliphatic heterocycles. The Morgan fingerprint density at radius 3 is 2.09 bits per heavy atom. The van der Waals surface area contributed by atoms with Crippen molar-refractivity contribution in [2.24, 2.45) is 0 Å². The number of fused-ring (bicyclic) bond motifs is 1. The first kappa shape index (κ1) is 34.6. The fourth-order valence-corrected chi connectivity index (χ4v) is 5.39. The molecule has 0 amide bonds. The Labute approximate surface area is 267 Å². The Morgan fingerprint density at radius 2 is 1.47 bits per heavy atom. The van der Waals surface area contributed by atoms with Crippen LogP contribution in [0.2, 0.25) is 0 Å². The summed E-state index contributed by atoms with van der Waals surface area (Å²) in [5.74, 6) is -1.66.